The van der Waals surface area contributed by atoms with Crippen molar-refractivity contribution in [2.45, 2.75) is 13.8 Å². The van der Waals surface area contributed by atoms with Gasteiger partial charge in [-0.1, -0.05) is 0 Å². The van der Waals surface area contributed by atoms with E-state index in [9.17, 15) is 9.59 Å². The Morgan fingerprint density at radius 2 is 1.67 bits per heavy atom. The Kier molecular flexibility index (Phi) is 2.65. The number of carboxylic acid groups (broad SMARTS) is 2. The smallest absolute Gasteiger partial charge is 0.338 e. The summed E-state index contributed by atoms with van der Waals surface area (Å²) < 4.78 is 0. The first-order chi connectivity index (χ1) is 6.86. The van der Waals surface area contributed by atoms with Crippen LogP contribution in [0.25, 0.3) is 0 Å². The fraction of sp³-hybridized carbons (Fsp3) is 0.200. The van der Waals surface area contributed by atoms with E-state index in [2.05, 4.69) is 0 Å². The average Bonchev–Trinajstić information content (AvgIpc) is 2.10. The second-order valence-corrected chi connectivity index (χ2v) is 3.25. The molecular formula is C10H11NO4. The molecule has 0 aliphatic carbocycles. The van der Waals surface area contributed by atoms with Crippen LogP contribution in [-0.4, -0.2) is 22.2 Å². The molecule has 0 aliphatic rings. The molecule has 0 aliphatic heterocycles. The van der Waals surface area contributed by atoms with E-state index in [1.807, 2.05) is 0 Å². The highest BCUT2D eigenvalue weighted by molar-refractivity contribution is 5.99. The zero-order chi connectivity index (χ0) is 11.7. The molecular weight excluding hydrogens is 198 g/mol. The number of anilines is 1. The highest BCUT2D eigenvalue weighted by Gasteiger charge is 2.18. The predicted molar refractivity (Wildman–Crippen MR) is 54.2 cm³/mol. The third-order valence-corrected chi connectivity index (χ3v) is 2.37. The zero-order valence-electron chi connectivity index (χ0n) is 8.37. The molecule has 5 nitrogen and oxygen atoms in total. The molecule has 15 heavy (non-hydrogen) atoms. The van der Waals surface area contributed by atoms with Gasteiger partial charge in [-0.3, -0.25) is 0 Å². The number of hydrogen-bond acceptors (Lipinski definition) is 3. The molecule has 0 fully saturated rings. The lowest BCUT2D eigenvalue weighted by atomic mass is 9.96. The van der Waals surface area contributed by atoms with Crippen LogP contribution in [0.3, 0.4) is 0 Å². The Morgan fingerprint density at radius 3 is 2.07 bits per heavy atom. The van der Waals surface area contributed by atoms with Gasteiger partial charge in [0.15, 0.2) is 0 Å². The van der Waals surface area contributed by atoms with Crippen LogP contribution >= 0.6 is 0 Å². The lowest BCUT2D eigenvalue weighted by molar-refractivity contribution is 0.0680. The summed E-state index contributed by atoms with van der Waals surface area (Å²) in [4.78, 5) is 21.7. The second-order valence-electron chi connectivity index (χ2n) is 3.25. The monoisotopic (exact) mass is 209 g/mol. The number of carbonyl (C=O) groups is 2. The normalized spacial score (nSPS) is 10.0. The van der Waals surface area contributed by atoms with Gasteiger partial charge in [-0.15, -0.1) is 0 Å². The summed E-state index contributed by atoms with van der Waals surface area (Å²) >= 11 is 0. The summed E-state index contributed by atoms with van der Waals surface area (Å²) in [6.07, 6.45) is 0. The van der Waals surface area contributed by atoms with Gasteiger partial charge < -0.3 is 15.9 Å². The molecule has 4 N–H and O–H groups in total. The molecule has 1 rings (SSSR count). The first-order valence-electron chi connectivity index (χ1n) is 4.22. The summed E-state index contributed by atoms with van der Waals surface area (Å²) in [6.45, 7) is 3.10. The molecule has 0 saturated carbocycles. The van der Waals surface area contributed by atoms with Gasteiger partial charge in [0.1, 0.15) is 0 Å². The van der Waals surface area contributed by atoms with Crippen molar-refractivity contribution in [3.05, 3.63) is 28.3 Å². The van der Waals surface area contributed by atoms with Crippen molar-refractivity contribution in [3.8, 4) is 0 Å². The maximum absolute atomic E-state index is 10.8. The van der Waals surface area contributed by atoms with E-state index in [0.717, 1.165) is 0 Å². The van der Waals surface area contributed by atoms with Crippen LogP contribution < -0.4 is 5.73 Å². The summed E-state index contributed by atoms with van der Waals surface area (Å²) in [5, 5.41) is 17.7. The number of benzene rings is 1. The minimum absolute atomic E-state index is 0.0250. The van der Waals surface area contributed by atoms with Crippen LogP contribution in [0.2, 0.25) is 0 Å². The van der Waals surface area contributed by atoms with E-state index in [1.54, 1.807) is 13.8 Å². The van der Waals surface area contributed by atoms with E-state index in [0.29, 0.717) is 11.1 Å². The molecule has 1 aromatic rings. The zero-order valence-corrected chi connectivity index (χ0v) is 8.37. The third kappa shape index (κ3) is 1.76. The van der Waals surface area contributed by atoms with Gasteiger partial charge in [0.25, 0.3) is 0 Å². The van der Waals surface area contributed by atoms with Gasteiger partial charge in [-0.25, -0.2) is 9.59 Å². The predicted octanol–water partition coefficient (Wildman–Crippen LogP) is 1.28. The van der Waals surface area contributed by atoms with Crippen molar-refractivity contribution in [2.75, 3.05) is 5.73 Å². The Bertz CT molecular complexity index is 451. The largest absolute Gasteiger partial charge is 0.478 e. The Labute approximate surface area is 86.1 Å². The van der Waals surface area contributed by atoms with Crippen molar-refractivity contribution in [2.24, 2.45) is 0 Å². The van der Waals surface area contributed by atoms with Gasteiger partial charge in [0, 0.05) is 5.69 Å². The van der Waals surface area contributed by atoms with Crippen molar-refractivity contribution in [1.82, 2.24) is 0 Å². The van der Waals surface area contributed by atoms with E-state index < -0.39 is 11.9 Å². The van der Waals surface area contributed by atoms with E-state index >= 15 is 0 Å². The molecule has 0 saturated heterocycles. The molecule has 1 aromatic carbocycles. The molecule has 0 atom stereocenters. The van der Waals surface area contributed by atoms with Gasteiger partial charge >= 0.3 is 11.9 Å². The summed E-state index contributed by atoms with van der Waals surface area (Å²) in [7, 11) is 0. The molecule has 0 unspecified atom stereocenters. The molecule has 0 spiro atoms. The number of hydrogen-bond donors (Lipinski definition) is 3. The fourth-order valence-corrected chi connectivity index (χ4v) is 1.45. The first kappa shape index (κ1) is 11.0. The Balaban J connectivity index is 3.58. The van der Waals surface area contributed by atoms with Crippen molar-refractivity contribution >= 4 is 17.6 Å². The summed E-state index contributed by atoms with van der Waals surface area (Å²) in [6, 6.07) is 1.17. The highest BCUT2D eigenvalue weighted by atomic mass is 16.4. The molecule has 0 amide bonds. The minimum Gasteiger partial charge on any atom is -0.478 e. The standard InChI is InChI=1S/C10H11NO4/c1-4-5(2)8(10(14)15)7(11)3-6(4)9(12)13/h3H,11H2,1-2H3,(H,12,13)(H,14,15). The van der Waals surface area contributed by atoms with Crippen LogP contribution in [0.1, 0.15) is 31.8 Å². The van der Waals surface area contributed by atoms with Crippen LogP contribution in [0.4, 0.5) is 5.69 Å². The van der Waals surface area contributed by atoms with Crippen LogP contribution in [0.5, 0.6) is 0 Å². The molecule has 0 heterocycles. The number of carboxylic acids is 2. The average molecular weight is 209 g/mol. The number of rotatable bonds is 2. The second kappa shape index (κ2) is 3.61. The van der Waals surface area contributed by atoms with E-state index in [-0.39, 0.29) is 16.8 Å². The van der Waals surface area contributed by atoms with Crippen LogP contribution in [0, 0.1) is 13.8 Å². The van der Waals surface area contributed by atoms with Gasteiger partial charge in [0.2, 0.25) is 0 Å². The molecule has 0 radical (unpaired) electrons. The molecule has 0 bridgehead atoms. The number of aromatic carboxylic acids is 2. The van der Waals surface area contributed by atoms with Crippen LogP contribution in [0.15, 0.2) is 6.07 Å². The molecule has 0 aromatic heterocycles. The SMILES string of the molecule is Cc1c(C(=O)O)cc(N)c(C(=O)O)c1C. The number of nitrogen functional groups attached to an aromatic ring is 1. The first-order valence-corrected chi connectivity index (χ1v) is 4.22. The summed E-state index contributed by atoms with van der Waals surface area (Å²) in [5.41, 5.74) is 6.28. The maximum atomic E-state index is 10.8. The van der Waals surface area contributed by atoms with Crippen molar-refractivity contribution in [3.63, 3.8) is 0 Å². The highest BCUT2D eigenvalue weighted by Crippen LogP contribution is 2.24. The lowest BCUT2D eigenvalue weighted by Crippen LogP contribution is -2.11. The Hall–Kier alpha value is -2.04. The molecule has 5 heteroatoms. The van der Waals surface area contributed by atoms with Gasteiger partial charge in [-0.2, -0.15) is 0 Å². The summed E-state index contributed by atoms with van der Waals surface area (Å²) in [5.74, 6) is -2.26. The maximum Gasteiger partial charge on any atom is 0.338 e. The van der Waals surface area contributed by atoms with Crippen molar-refractivity contribution in [1.29, 1.82) is 0 Å². The van der Waals surface area contributed by atoms with E-state index in [1.165, 1.54) is 6.07 Å². The van der Waals surface area contributed by atoms with E-state index in [4.69, 9.17) is 15.9 Å². The topological polar surface area (TPSA) is 101 Å². The molecule has 80 valence electrons. The quantitative estimate of drug-likeness (QED) is 0.637. The minimum atomic E-state index is -1.15. The fourth-order valence-electron chi connectivity index (χ4n) is 1.45. The lowest BCUT2D eigenvalue weighted by Gasteiger charge is -2.11. The third-order valence-electron chi connectivity index (χ3n) is 2.37. The van der Waals surface area contributed by atoms with Gasteiger partial charge in [-0.05, 0) is 31.0 Å². The van der Waals surface area contributed by atoms with Gasteiger partial charge in [0.05, 0.1) is 11.1 Å². The number of nitrogens with two attached hydrogens (primary N) is 1. The Morgan fingerprint density at radius 1 is 1.13 bits per heavy atom. The van der Waals surface area contributed by atoms with Crippen molar-refractivity contribution < 1.29 is 19.8 Å². The van der Waals surface area contributed by atoms with Crippen LogP contribution in [-0.2, 0) is 0 Å².